The number of nitrogens with two attached hydrogens (primary N) is 2. The lowest BCUT2D eigenvalue weighted by molar-refractivity contribution is 0.548. The second-order valence-electron chi connectivity index (χ2n) is 0.434. The molecule has 0 spiro atoms. The van der Waals surface area contributed by atoms with E-state index in [4.69, 9.17) is 9.11 Å². The van der Waals surface area contributed by atoms with Crippen LogP contribution in [0, 0.1) is 0 Å². The molecule has 0 aromatic carbocycles. The van der Waals surface area contributed by atoms with Crippen LogP contribution in [0.5, 0.6) is 0 Å². The third-order valence-corrected chi connectivity index (χ3v) is 1.10. The fourth-order valence-corrected chi connectivity index (χ4v) is 0. The van der Waals surface area contributed by atoms with E-state index in [-0.39, 0.29) is 0 Å². The highest BCUT2D eigenvalue weighted by Gasteiger charge is 1.95. The van der Waals surface area contributed by atoms with Gasteiger partial charge in [0.25, 0.3) is 20.2 Å². The van der Waals surface area contributed by atoms with Gasteiger partial charge in [-0.2, -0.15) is 0 Å². The highest BCUT2D eigenvalue weighted by Crippen LogP contribution is 1.74. The molecule has 0 heterocycles. The van der Waals surface area contributed by atoms with E-state index in [0.29, 0.717) is 0 Å². The molecule has 0 radical (unpaired) electrons. The van der Waals surface area contributed by atoms with Crippen molar-refractivity contribution >= 4 is 20.2 Å². The fourth-order valence-electron chi connectivity index (χ4n) is 0. The van der Waals surface area contributed by atoms with Gasteiger partial charge in [0, 0.05) is 0 Å². The van der Waals surface area contributed by atoms with Crippen molar-refractivity contribution in [3.63, 3.8) is 0 Å². The number of hydrogen-bond donors (Lipinski definition) is 4. The summed E-state index contributed by atoms with van der Waals surface area (Å²) in [5.41, 5.74) is 0. The Kier molecular flexibility index (Phi) is 9.82. The van der Waals surface area contributed by atoms with Crippen molar-refractivity contribution in [1.82, 2.24) is 0 Å². The number of hydrazine groups is 1. The Morgan fingerprint density at radius 1 is 1.00 bits per heavy atom. The minimum Gasteiger partial charge on any atom is -0.294 e. The van der Waals surface area contributed by atoms with E-state index in [1.54, 1.807) is 0 Å². The monoisotopic (exact) mass is 162 g/mol. The van der Waals surface area contributed by atoms with E-state index in [9.17, 15) is 8.42 Å². The first-order valence-corrected chi connectivity index (χ1v) is 3.93. The Morgan fingerprint density at radius 3 is 1.12 bits per heavy atom. The van der Waals surface area contributed by atoms with Gasteiger partial charge in [-0.3, -0.25) is 20.8 Å². The molecule has 2 atom stereocenters. The van der Waals surface area contributed by atoms with Crippen LogP contribution in [0.2, 0.25) is 0 Å². The molecule has 0 aromatic rings. The third-order valence-electron chi connectivity index (χ3n) is 0.122. The standard InChI is InChI=1S/H4N2.H2O4S2/c1-2;1-5(2)6(3)4/h1-2H2;(H,1,2)(H,3,4). The normalized spacial score (nSPS) is 15.5. The quantitative estimate of drug-likeness (QED) is 0.155. The summed E-state index contributed by atoms with van der Waals surface area (Å²) in [6, 6.07) is 0. The molecule has 0 bridgehead atoms. The van der Waals surface area contributed by atoms with Crippen molar-refractivity contribution in [2.75, 3.05) is 0 Å². The lowest BCUT2D eigenvalue weighted by atomic mass is 13.0. The fraction of sp³-hybridized carbons (Fsp3) is 0. The van der Waals surface area contributed by atoms with Gasteiger partial charge >= 0.3 is 0 Å². The van der Waals surface area contributed by atoms with Crippen LogP contribution in [0.15, 0.2) is 0 Å². The summed E-state index contributed by atoms with van der Waals surface area (Å²) < 4.78 is 33.6. The van der Waals surface area contributed by atoms with Crippen molar-refractivity contribution in [2.45, 2.75) is 0 Å². The molecular weight excluding hydrogens is 156 g/mol. The van der Waals surface area contributed by atoms with Crippen LogP contribution in [0.1, 0.15) is 0 Å². The van der Waals surface area contributed by atoms with Gasteiger partial charge in [-0.1, -0.05) is 0 Å². The van der Waals surface area contributed by atoms with E-state index in [0.717, 1.165) is 0 Å². The van der Waals surface area contributed by atoms with Gasteiger partial charge in [0.2, 0.25) is 0 Å². The van der Waals surface area contributed by atoms with Gasteiger partial charge in [0.15, 0.2) is 0 Å². The minimum atomic E-state index is -2.59. The predicted molar refractivity (Wildman–Crippen MR) is 29.9 cm³/mol. The Balaban J connectivity index is 0. The maximum atomic E-state index is 9.26. The summed E-state index contributed by atoms with van der Waals surface area (Å²) in [4.78, 5) is 0. The second-order valence-corrected chi connectivity index (χ2v) is 3.01. The van der Waals surface area contributed by atoms with Crippen LogP contribution < -0.4 is 11.7 Å². The van der Waals surface area contributed by atoms with Gasteiger partial charge in [0.05, 0.1) is 0 Å². The Labute approximate surface area is 50.2 Å². The smallest absolute Gasteiger partial charge is 0.274 e. The van der Waals surface area contributed by atoms with Gasteiger partial charge in [-0.15, -0.1) is 0 Å². The first-order chi connectivity index (χ1) is 3.64. The van der Waals surface area contributed by atoms with Crippen LogP contribution >= 0.6 is 0 Å². The van der Waals surface area contributed by atoms with Crippen molar-refractivity contribution in [2.24, 2.45) is 11.7 Å². The Bertz CT molecular complexity index is 78.0. The topological polar surface area (TPSA) is 127 Å². The Hall–Kier alpha value is 0.140. The lowest BCUT2D eigenvalue weighted by Gasteiger charge is -1.74. The molecule has 0 aromatic heterocycles. The van der Waals surface area contributed by atoms with E-state index in [1.807, 2.05) is 0 Å². The van der Waals surface area contributed by atoms with E-state index < -0.39 is 20.2 Å². The summed E-state index contributed by atoms with van der Waals surface area (Å²) in [6.07, 6.45) is 0. The van der Waals surface area contributed by atoms with Crippen LogP contribution in [0.4, 0.5) is 0 Å². The molecule has 0 aliphatic heterocycles. The molecule has 0 rings (SSSR count). The summed E-state index contributed by atoms with van der Waals surface area (Å²) in [5.74, 6) is 8.00. The zero-order chi connectivity index (χ0) is 7.15. The van der Waals surface area contributed by atoms with Gasteiger partial charge in [-0.25, -0.2) is 8.42 Å². The summed E-state index contributed by atoms with van der Waals surface area (Å²) in [7, 11) is -5.18. The Morgan fingerprint density at radius 2 is 1.12 bits per heavy atom. The highest BCUT2D eigenvalue weighted by molar-refractivity contribution is 8.56. The molecular formula is H6N2O4S2. The summed E-state index contributed by atoms with van der Waals surface area (Å²) in [6.45, 7) is 0. The summed E-state index contributed by atoms with van der Waals surface area (Å²) >= 11 is 0. The molecule has 6 N–H and O–H groups in total. The molecule has 0 fully saturated rings. The van der Waals surface area contributed by atoms with Crippen LogP contribution in [-0.2, 0) is 20.2 Å². The van der Waals surface area contributed by atoms with Crippen LogP contribution in [0.3, 0.4) is 0 Å². The molecule has 0 amide bonds. The molecule has 0 aliphatic carbocycles. The third kappa shape index (κ3) is 9.46. The maximum Gasteiger partial charge on any atom is 0.274 e. The molecule has 0 saturated carbocycles. The largest absolute Gasteiger partial charge is 0.294 e. The van der Waals surface area contributed by atoms with Crippen LogP contribution in [-0.4, -0.2) is 17.5 Å². The first-order valence-electron chi connectivity index (χ1n) is 1.20. The van der Waals surface area contributed by atoms with Crippen molar-refractivity contribution in [1.29, 1.82) is 0 Å². The summed E-state index contributed by atoms with van der Waals surface area (Å²) in [5, 5.41) is 0. The van der Waals surface area contributed by atoms with Crippen LogP contribution in [0.25, 0.3) is 0 Å². The minimum absolute atomic E-state index is 2.59. The average molecular weight is 162 g/mol. The van der Waals surface area contributed by atoms with Crippen molar-refractivity contribution in [3.8, 4) is 0 Å². The zero-order valence-electron chi connectivity index (χ0n) is 3.68. The van der Waals surface area contributed by atoms with E-state index in [1.165, 1.54) is 0 Å². The van der Waals surface area contributed by atoms with Gasteiger partial charge < -0.3 is 0 Å². The number of rotatable bonds is 1. The molecule has 8 heteroatoms. The van der Waals surface area contributed by atoms with E-state index in [2.05, 4.69) is 11.7 Å². The second kappa shape index (κ2) is 7.14. The molecule has 0 aliphatic rings. The zero-order valence-corrected chi connectivity index (χ0v) is 5.32. The van der Waals surface area contributed by atoms with Crippen molar-refractivity contribution in [3.05, 3.63) is 0 Å². The van der Waals surface area contributed by atoms with Gasteiger partial charge in [-0.05, 0) is 0 Å². The molecule has 8 heavy (non-hydrogen) atoms. The highest BCUT2D eigenvalue weighted by atomic mass is 33.2. The van der Waals surface area contributed by atoms with E-state index >= 15 is 0 Å². The molecule has 2 unspecified atom stereocenters. The lowest BCUT2D eigenvalue weighted by Crippen LogP contribution is -2.02. The SMILES string of the molecule is NN.O=S(O)S(=O)O. The maximum absolute atomic E-state index is 9.26. The van der Waals surface area contributed by atoms with Crippen molar-refractivity contribution < 1.29 is 17.5 Å². The molecule has 6 nitrogen and oxygen atoms in total. The molecule has 52 valence electrons. The predicted octanol–water partition coefficient (Wildman–Crippen LogP) is -1.84. The average Bonchev–Trinajstić information content (AvgIpc) is 1.72. The number of hydrogen-bond acceptors (Lipinski definition) is 4. The molecule has 0 saturated heterocycles. The first kappa shape index (κ1) is 11.0. The van der Waals surface area contributed by atoms with Gasteiger partial charge in [0.1, 0.15) is 0 Å².